The number of halogens is 4. The van der Waals surface area contributed by atoms with Crippen molar-refractivity contribution in [1.29, 1.82) is 0 Å². The fourth-order valence-corrected chi connectivity index (χ4v) is 2.26. The number of ether oxygens (including phenoxy) is 1. The van der Waals surface area contributed by atoms with E-state index in [9.17, 15) is 13.2 Å². The summed E-state index contributed by atoms with van der Waals surface area (Å²) in [5, 5.41) is 5.44. The molecular weight excluding hydrogens is 345 g/mol. The molecule has 1 aromatic heterocycles. The average molecular weight is 353 g/mol. The van der Waals surface area contributed by atoms with Crippen LogP contribution in [0.2, 0.25) is 0 Å². The van der Waals surface area contributed by atoms with Crippen molar-refractivity contribution in [2.75, 3.05) is 5.32 Å². The van der Waals surface area contributed by atoms with E-state index in [0.717, 1.165) is 5.01 Å². The van der Waals surface area contributed by atoms with Crippen molar-refractivity contribution in [1.82, 2.24) is 4.98 Å². The summed E-state index contributed by atoms with van der Waals surface area (Å²) in [5.74, 6) is -0.279. The largest absolute Gasteiger partial charge is 0.573 e. The Morgan fingerprint density at radius 3 is 2.79 bits per heavy atom. The molecule has 0 saturated carbocycles. The molecule has 0 amide bonds. The molecular formula is C11H8BrF3N2OS. The molecule has 2 aromatic rings. The van der Waals surface area contributed by atoms with E-state index in [-0.39, 0.29) is 11.4 Å². The Labute approximate surface area is 119 Å². The molecule has 8 heteroatoms. The van der Waals surface area contributed by atoms with Crippen LogP contribution in [0.1, 0.15) is 5.01 Å². The van der Waals surface area contributed by atoms with Crippen molar-refractivity contribution in [3.8, 4) is 5.75 Å². The number of hydrogen-bond acceptors (Lipinski definition) is 4. The molecule has 0 unspecified atom stereocenters. The van der Waals surface area contributed by atoms with E-state index in [1.54, 1.807) is 17.6 Å². The van der Waals surface area contributed by atoms with E-state index in [1.165, 1.54) is 23.5 Å². The van der Waals surface area contributed by atoms with Gasteiger partial charge in [0.2, 0.25) is 0 Å². The highest BCUT2D eigenvalue weighted by atomic mass is 79.9. The van der Waals surface area contributed by atoms with Crippen LogP contribution >= 0.6 is 27.3 Å². The monoisotopic (exact) mass is 352 g/mol. The summed E-state index contributed by atoms with van der Waals surface area (Å²) >= 11 is 4.53. The number of hydrogen-bond donors (Lipinski definition) is 1. The normalized spacial score (nSPS) is 11.4. The second-order valence-corrected chi connectivity index (χ2v) is 5.36. The highest BCUT2D eigenvalue weighted by Crippen LogP contribution is 2.33. The lowest BCUT2D eigenvalue weighted by molar-refractivity contribution is -0.274. The number of rotatable bonds is 4. The van der Waals surface area contributed by atoms with Gasteiger partial charge in [0.25, 0.3) is 0 Å². The van der Waals surface area contributed by atoms with E-state index in [1.807, 2.05) is 0 Å². The minimum absolute atomic E-state index is 0.260. The molecule has 0 atom stereocenters. The molecule has 0 saturated heterocycles. The maximum atomic E-state index is 12.3. The van der Waals surface area contributed by atoms with Crippen molar-refractivity contribution in [2.45, 2.75) is 12.9 Å². The molecule has 0 aliphatic rings. The Kier molecular flexibility index (Phi) is 4.31. The van der Waals surface area contributed by atoms with Crippen LogP contribution in [0.5, 0.6) is 5.75 Å². The Morgan fingerprint density at radius 1 is 1.37 bits per heavy atom. The zero-order valence-electron chi connectivity index (χ0n) is 9.37. The van der Waals surface area contributed by atoms with Crippen LogP contribution in [0, 0.1) is 0 Å². The molecule has 3 nitrogen and oxygen atoms in total. The van der Waals surface area contributed by atoms with Gasteiger partial charge in [0, 0.05) is 16.0 Å². The smallest absolute Gasteiger partial charge is 0.404 e. The van der Waals surface area contributed by atoms with E-state index < -0.39 is 6.36 Å². The molecule has 0 radical (unpaired) electrons. The third kappa shape index (κ3) is 4.39. The first-order chi connectivity index (χ1) is 8.94. The van der Waals surface area contributed by atoms with E-state index in [2.05, 4.69) is 31.0 Å². The van der Waals surface area contributed by atoms with Crippen molar-refractivity contribution in [2.24, 2.45) is 0 Å². The van der Waals surface area contributed by atoms with E-state index >= 15 is 0 Å². The Balaban J connectivity index is 2.14. The van der Waals surface area contributed by atoms with Gasteiger partial charge in [0.05, 0.1) is 12.2 Å². The minimum atomic E-state index is -4.72. The SMILES string of the molecule is FC(F)(F)Oc1cc(Br)ccc1NCc1nccs1. The molecule has 0 aliphatic carbocycles. The molecule has 1 aromatic carbocycles. The van der Waals surface area contributed by atoms with Crippen molar-refractivity contribution < 1.29 is 17.9 Å². The number of alkyl halides is 3. The first kappa shape index (κ1) is 14.1. The van der Waals surface area contributed by atoms with Crippen LogP contribution in [0.15, 0.2) is 34.2 Å². The number of anilines is 1. The summed E-state index contributed by atoms with van der Waals surface area (Å²) < 4.78 is 41.4. The number of nitrogens with one attached hydrogen (secondary N) is 1. The zero-order chi connectivity index (χ0) is 13.9. The standard InChI is InChI=1S/C11H8BrF3N2OS/c12-7-1-2-8(9(5-7)18-11(13,14)15)17-6-10-16-3-4-19-10/h1-5,17H,6H2. The zero-order valence-corrected chi connectivity index (χ0v) is 11.8. The minimum Gasteiger partial charge on any atom is -0.404 e. The van der Waals surface area contributed by atoms with Crippen LogP contribution in [-0.2, 0) is 6.54 Å². The maximum Gasteiger partial charge on any atom is 0.573 e. The lowest BCUT2D eigenvalue weighted by atomic mass is 10.3. The molecule has 0 fully saturated rings. The topological polar surface area (TPSA) is 34.1 Å². The summed E-state index contributed by atoms with van der Waals surface area (Å²) in [5.41, 5.74) is 0.260. The number of nitrogens with zero attached hydrogens (tertiary/aromatic N) is 1. The fraction of sp³-hybridized carbons (Fsp3) is 0.182. The van der Waals surface area contributed by atoms with Crippen LogP contribution in [0.25, 0.3) is 0 Å². The van der Waals surface area contributed by atoms with Crippen molar-refractivity contribution >= 4 is 33.0 Å². The predicted molar refractivity (Wildman–Crippen MR) is 70.3 cm³/mol. The van der Waals surface area contributed by atoms with Crippen LogP contribution in [0.3, 0.4) is 0 Å². The lowest BCUT2D eigenvalue weighted by Crippen LogP contribution is -2.18. The fourth-order valence-electron chi connectivity index (χ4n) is 1.36. The highest BCUT2D eigenvalue weighted by molar-refractivity contribution is 9.10. The molecule has 1 N–H and O–H groups in total. The Hall–Kier alpha value is -1.28. The van der Waals surface area contributed by atoms with Gasteiger partial charge in [-0.25, -0.2) is 4.98 Å². The first-order valence-corrected chi connectivity index (χ1v) is 6.79. The number of thiazole rings is 1. The van der Waals surface area contributed by atoms with Gasteiger partial charge >= 0.3 is 6.36 Å². The maximum absolute atomic E-state index is 12.3. The lowest BCUT2D eigenvalue weighted by Gasteiger charge is -2.14. The summed E-state index contributed by atoms with van der Waals surface area (Å²) in [6, 6.07) is 4.41. The van der Waals surface area contributed by atoms with Crippen molar-refractivity contribution in [3.05, 3.63) is 39.3 Å². The third-order valence-electron chi connectivity index (χ3n) is 2.08. The van der Waals surface area contributed by atoms with Gasteiger partial charge in [-0.15, -0.1) is 24.5 Å². The second kappa shape index (κ2) is 5.79. The predicted octanol–water partition coefficient (Wildman–Crippen LogP) is 4.42. The van der Waals surface area contributed by atoms with Crippen LogP contribution in [0.4, 0.5) is 18.9 Å². The van der Waals surface area contributed by atoms with Gasteiger partial charge in [0.1, 0.15) is 5.01 Å². The van der Waals surface area contributed by atoms with Gasteiger partial charge in [-0.2, -0.15) is 0 Å². The molecule has 19 heavy (non-hydrogen) atoms. The summed E-state index contributed by atoms with van der Waals surface area (Å²) in [7, 11) is 0. The van der Waals surface area contributed by atoms with E-state index in [4.69, 9.17) is 0 Å². The van der Waals surface area contributed by atoms with Gasteiger partial charge in [-0.05, 0) is 18.2 Å². The quantitative estimate of drug-likeness (QED) is 0.884. The van der Waals surface area contributed by atoms with Crippen molar-refractivity contribution in [3.63, 3.8) is 0 Å². The molecule has 102 valence electrons. The molecule has 0 spiro atoms. The van der Waals surface area contributed by atoms with Crippen LogP contribution < -0.4 is 10.1 Å². The molecule has 0 bridgehead atoms. The van der Waals surface area contributed by atoms with Gasteiger partial charge in [0.15, 0.2) is 5.75 Å². The third-order valence-corrected chi connectivity index (χ3v) is 3.36. The number of aromatic nitrogens is 1. The Bertz CT molecular complexity index is 545. The first-order valence-electron chi connectivity index (χ1n) is 5.11. The second-order valence-electron chi connectivity index (χ2n) is 3.47. The molecule has 0 aliphatic heterocycles. The summed E-state index contributed by atoms with van der Waals surface area (Å²) in [6.45, 7) is 0.341. The van der Waals surface area contributed by atoms with Gasteiger partial charge < -0.3 is 10.1 Å². The highest BCUT2D eigenvalue weighted by Gasteiger charge is 2.32. The van der Waals surface area contributed by atoms with E-state index in [0.29, 0.717) is 11.0 Å². The van der Waals surface area contributed by atoms with Crippen LogP contribution in [-0.4, -0.2) is 11.3 Å². The van der Waals surface area contributed by atoms with Gasteiger partial charge in [-0.3, -0.25) is 0 Å². The molecule has 2 rings (SSSR count). The molecule has 1 heterocycles. The number of benzene rings is 1. The van der Waals surface area contributed by atoms with Gasteiger partial charge in [-0.1, -0.05) is 15.9 Å². The average Bonchev–Trinajstić information content (AvgIpc) is 2.78. The summed E-state index contributed by atoms with van der Waals surface area (Å²) in [4.78, 5) is 4.04. The summed E-state index contributed by atoms with van der Waals surface area (Å²) in [6.07, 6.45) is -3.09. The Morgan fingerprint density at radius 2 is 2.16 bits per heavy atom.